The van der Waals surface area contributed by atoms with Gasteiger partial charge in [0.1, 0.15) is 11.9 Å². The number of ether oxygens (including phenoxy) is 1. The van der Waals surface area contributed by atoms with Crippen LogP contribution in [0.2, 0.25) is 5.02 Å². The van der Waals surface area contributed by atoms with Crippen molar-refractivity contribution in [2.24, 2.45) is 0 Å². The highest BCUT2D eigenvalue weighted by Crippen LogP contribution is 2.36. The monoisotopic (exact) mass is 425 g/mol. The van der Waals surface area contributed by atoms with Crippen LogP contribution in [0.3, 0.4) is 0 Å². The van der Waals surface area contributed by atoms with Gasteiger partial charge in [0.05, 0.1) is 11.4 Å². The second kappa shape index (κ2) is 8.15. The molecule has 0 bridgehead atoms. The van der Waals surface area contributed by atoms with Crippen molar-refractivity contribution in [2.75, 3.05) is 0 Å². The number of esters is 1. The summed E-state index contributed by atoms with van der Waals surface area (Å²) in [6.07, 6.45) is 3.92. The first kappa shape index (κ1) is 20.5. The Kier molecular flexibility index (Phi) is 5.56. The first-order valence-corrected chi connectivity index (χ1v) is 10.6. The van der Waals surface area contributed by atoms with Crippen LogP contribution in [-0.4, -0.2) is 27.7 Å². The number of carbonyl (C=O) groups is 2. The van der Waals surface area contributed by atoms with E-state index in [9.17, 15) is 14.7 Å². The number of aromatic nitrogens is 1. The lowest BCUT2D eigenvalue weighted by Crippen LogP contribution is -2.20. The smallest absolute Gasteiger partial charge is 0.313 e. The van der Waals surface area contributed by atoms with Gasteiger partial charge in [-0.3, -0.25) is 14.2 Å². The zero-order valence-corrected chi connectivity index (χ0v) is 17.8. The highest BCUT2D eigenvalue weighted by Gasteiger charge is 2.29. The second-order valence-electron chi connectivity index (χ2n) is 7.91. The van der Waals surface area contributed by atoms with Crippen molar-refractivity contribution in [1.82, 2.24) is 4.57 Å². The van der Waals surface area contributed by atoms with Gasteiger partial charge in [0.25, 0.3) is 5.91 Å². The molecule has 5 nitrogen and oxygen atoms in total. The maximum atomic E-state index is 13.3. The van der Waals surface area contributed by atoms with Crippen molar-refractivity contribution in [1.29, 1.82) is 0 Å². The number of rotatable bonds is 4. The molecule has 0 spiro atoms. The summed E-state index contributed by atoms with van der Waals surface area (Å²) in [6, 6.07) is 11.5. The molecular weight excluding hydrogens is 402 g/mol. The Morgan fingerprint density at radius 1 is 1.13 bits per heavy atom. The predicted octanol–water partition coefficient (Wildman–Crippen LogP) is 5.59. The Labute approximate surface area is 180 Å². The van der Waals surface area contributed by atoms with Crippen molar-refractivity contribution in [2.45, 2.75) is 51.6 Å². The maximum absolute atomic E-state index is 13.3. The van der Waals surface area contributed by atoms with Crippen LogP contribution in [0.15, 0.2) is 42.5 Å². The lowest BCUT2D eigenvalue weighted by atomic mass is 9.97. The zero-order valence-electron chi connectivity index (χ0n) is 17.0. The van der Waals surface area contributed by atoms with E-state index in [0.29, 0.717) is 32.7 Å². The first-order chi connectivity index (χ1) is 14.4. The second-order valence-corrected chi connectivity index (χ2v) is 8.35. The molecule has 1 unspecified atom stereocenters. The Morgan fingerprint density at radius 2 is 1.80 bits per heavy atom. The molecule has 1 aromatic heterocycles. The average Bonchev–Trinajstić information content (AvgIpc) is 3.32. The third-order valence-electron chi connectivity index (χ3n) is 5.90. The number of aromatic hydroxyl groups is 1. The fourth-order valence-electron chi connectivity index (χ4n) is 4.35. The fourth-order valence-corrected chi connectivity index (χ4v) is 4.48. The van der Waals surface area contributed by atoms with Gasteiger partial charge >= 0.3 is 5.97 Å². The van der Waals surface area contributed by atoms with Crippen molar-refractivity contribution in [3.8, 4) is 5.75 Å². The van der Waals surface area contributed by atoms with Crippen molar-refractivity contribution in [3.63, 3.8) is 0 Å². The molecule has 1 fully saturated rings. The van der Waals surface area contributed by atoms with Gasteiger partial charge in [0.2, 0.25) is 0 Å². The lowest BCUT2D eigenvalue weighted by Gasteiger charge is -2.17. The first-order valence-electron chi connectivity index (χ1n) is 10.2. The average molecular weight is 426 g/mol. The molecule has 0 amide bonds. The van der Waals surface area contributed by atoms with E-state index in [2.05, 4.69) is 0 Å². The SMILES string of the molecule is Cc1c(C(C)C(=O)OC2CCCC2)c2cc(O)ccc2n1C(=O)c1ccc(Cl)cc1. The molecule has 0 radical (unpaired) electrons. The molecule has 4 rings (SSSR count). The topological polar surface area (TPSA) is 68.5 Å². The molecule has 1 heterocycles. The third kappa shape index (κ3) is 3.70. The highest BCUT2D eigenvalue weighted by molar-refractivity contribution is 6.30. The van der Waals surface area contributed by atoms with Gasteiger partial charge in [-0.15, -0.1) is 0 Å². The minimum atomic E-state index is -0.561. The molecule has 0 saturated heterocycles. The normalized spacial score (nSPS) is 15.4. The van der Waals surface area contributed by atoms with Gasteiger partial charge in [0, 0.05) is 21.7 Å². The molecule has 2 aromatic carbocycles. The van der Waals surface area contributed by atoms with Crippen LogP contribution in [0, 0.1) is 6.92 Å². The van der Waals surface area contributed by atoms with E-state index in [4.69, 9.17) is 16.3 Å². The number of benzene rings is 2. The summed E-state index contributed by atoms with van der Waals surface area (Å²) in [5, 5.41) is 11.3. The number of hydrogen-bond donors (Lipinski definition) is 1. The van der Waals surface area contributed by atoms with Crippen LogP contribution in [0.1, 0.15) is 60.1 Å². The van der Waals surface area contributed by atoms with Gasteiger partial charge in [-0.05, 0) is 87.6 Å². The molecule has 0 aliphatic heterocycles. The van der Waals surface area contributed by atoms with Crippen molar-refractivity contribution >= 4 is 34.4 Å². The van der Waals surface area contributed by atoms with Crippen LogP contribution in [0.25, 0.3) is 10.9 Å². The largest absolute Gasteiger partial charge is 0.508 e. The van der Waals surface area contributed by atoms with E-state index in [-0.39, 0.29) is 23.7 Å². The van der Waals surface area contributed by atoms with E-state index in [1.54, 1.807) is 54.0 Å². The standard InChI is InChI=1S/C24H24ClNO4/c1-14(24(29)30-19-5-3-4-6-19)22-15(2)26(21-12-11-18(27)13-20(21)22)23(28)16-7-9-17(25)10-8-16/h7-14,19,27H,3-6H2,1-2H3. The molecule has 30 heavy (non-hydrogen) atoms. The Morgan fingerprint density at radius 3 is 2.47 bits per heavy atom. The Balaban J connectivity index is 1.79. The Hall–Kier alpha value is -2.79. The predicted molar refractivity (Wildman–Crippen MR) is 116 cm³/mol. The van der Waals surface area contributed by atoms with Crippen LogP contribution in [-0.2, 0) is 9.53 Å². The van der Waals surface area contributed by atoms with Crippen LogP contribution in [0.5, 0.6) is 5.75 Å². The number of nitrogens with zero attached hydrogens (tertiary/aromatic N) is 1. The summed E-state index contributed by atoms with van der Waals surface area (Å²) in [5.74, 6) is -1.00. The van der Waals surface area contributed by atoms with Crippen LogP contribution in [0.4, 0.5) is 0 Å². The van der Waals surface area contributed by atoms with E-state index in [0.717, 1.165) is 25.7 Å². The summed E-state index contributed by atoms with van der Waals surface area (Å²) in [5.41, 5.74) is 2.48. The Bertz CT molecular complexity index is 1110. The number of hydrogen-bond acceptors (Lipinski definition) is 4. The van der Waals surface area contributed by atoms with Crippen LogP contribution >= 0.6 is 11.6 Å². The van der Waals surface area contributed by atoms with Crippen molar-refractivity contribution < 1.29 is 19.4 Å². The van der Waals surface area contributed by atoms with E-state index in [1.165, 1.54) is 0 Å². The zero-order chi connectivity index (χ0) is 21.4. The molecule has 1 saturated carbocycles. The highest BCUT2D eigenvalue weighted by atomic mass is 35.5. The molecule has 1 atom stereocenters. The molecule has 1 aliphatic carbocycles. The molecule has 6 heteroatoms. The van der Waals surface area contributed by atoms with E-state index in [1.807, 2.05) is 6.92 Å². The van der Waals surface area contributed by atoms with Gasteiger partial charge in [-0.2, -0.15) is 0 Å². The summed E-state index contributed by atoms with van der Waals surface area (Å²) in [4.78, 5) is 26.2. The number of phenolic OH excluding ortho intramolecular Hbond substituents is 1. The third-order valence-corrected chi connectivity index (χ3v) is 6.15. The molecular formula is C24H24ClNO4. The van der Waals surface area contributed by atoms with E-state index < -0.39 is 5.92 Å². The quantitative estimate of drug-likeness (QED) is 0.553. The van der Waals surface area contributed by atoms with E-state index >= 15 is 0 Å². The summed E-state index contributed by atoms with van der Waals surface area (Å²) >= 11 is 5.96. The minimum Gasteiger partial charge on any atom is -0.508 e. The summed E-state index contributed by atoms with van der Waals surface area (Å²) < 4.78 is 7.31. The molecule has 1 N–H and O–H groups in total. The number of carbonyl (C=O) groups excluding carboxylic acids is 2. The van der Waals surface area contributed by atoms with Gasteiger partial charge < -0.3 is 9.84 Å². The molecule has 156 valence electrons. The van der Waals surface area contributed by atoms with Gasteiger partial charge in [-0.1, -0.05) is 11.6 Å². The van der Waals surface area contributed by atoms with Gasteiger partial charge in [-0.25, -0.2) is 0 Å². The summed E-state index contributed by atoms with van der Waals surface area (Å²) in [7, 11) is 0. The van der Waals surface area contributed by atoms with Gasteiger partial charge in [0.15, 0.2) is 0 Å². The minimum absolute atomic E-state index is 0.0299. The van der Waals surface area contributed by atoms with Crippen molar-refractivity contribution in [3.05, 3.63) is 64.3 Å². The fraction of sp³-hybridized carbons (Fsp3) is 0.333. The number of fused-ring (bicyclic) bond motifs is 1. The number of phenols is 1. The van der Waals surface area contributed by atoms with Crippen LogP contribution < -0.4 is 0 Å². The summed E-state index contributed by atoms with van der Waals surface area (Å²) in [6.45, 7) is 3.61. The molecule has 3 aromatic rings. The molecule has 1 aliphatic rings. The number of halogens is 1. The maximum Gasteiger partial charge on any atom is 0.313 e. The lowest BCUT2D eigenvalue weighted by molar-refractivity contribution is -0.150.